The molecule has 1 aliphatic heterocycles. The largest absolute Gasteiger partial charge is 0.340 e. The van der Waals surface area contributed by atoms with Gasteiger partial charge in [-0.25, -0.2) is 0 Å². The highest BCUT2D eigenvalue weighted by atomic mass is 16.2. The van der Waals surface area contributed by atoms with Crippen molar-refractivity contribution in [1.29, 1.82) is 5.26 Å². The zero-order chi connectivity index (χ0) is 13.9. The van der Waals surface area contributed by atoms with E-state index >= 15 is 0 Å². The quantitative estimate of drug-likeness (QED) is 0.762. The van der Waals surface area contributed by atoms with Crippen LogP contribution in [0.5, 0.6) is 0 Å². The predicted octanol–water partition coefficient (Wildman–Crippen LogP) is 1.33. The molecule has 0 spiro atoms. The Hall–Kier alpha value is -1.08. The lowest BCUT2D eigenvalue weighted by Crippen LogP contribution is -2.51. The molecule has 4 aliphatic rings. The summed E-state index contributed by atoms with van der Waals surface area (Å²) in [6.07, 6.45) is 4.17. The summed E-state index contributed by atoms with van der Waals surface area (Å²) in [5, 5.41) is 8.96. The van der Waals surface area contributed by atoms with Crippen LogP contribution in [-0.2, 0) is 4.79 Å². The van der Waals surface area contributed by atoms with Gasteiger partial charge in [0.1, 0.15) is 0 Å². The van der Waals surface area contributed by atoms with Crippen molar-refractivity contribution in [2.24, 2.45) is 29.6 Å². The number of hydrogen-bond acceptors (Lipinski definition) is 3. The molecule has 4 fully saturated rings. The normalized spacial score (nSPS) is 44.0. The Kier molecular flexibility index (Phi) is 2.82. The van der Waals surface area contributed by atoms with Crippen molar-refractivity contribution in [2.45, 2.75) is 32.2 Å². The average molecular weight is 273 g/mol. The highest BCUT2D eigenvalue weighted by molar-refractivity contribution is 5.83. The first-order valence-corrected chi connectivity index (χ1v) is 8.13. The molecule has 0 aromatic rings. The topological polar surface area (TPSA) is 47.3 Å². The highest BCUT2D eigenvalue weighted by Gasteiger charge is 2.67. The summed E-state index contributed by atoms with van der Waals surface area (Å²) in [5.41, 5.74) is 0. The Morgan fingerprint density at radius 3 is 2.30 bits per heavy atom. The van der Waals surface area contributed by atoms with Gasteiger partial charge in [-0.1, -0.05) is 0 Å². The van der Waals surface area contributed by atoms with E-state index in [-0.39, 0.29) is 6.04 Å². The minimum Gasteiger partial charge on any atom is -0.340 e. The van der Waals surface area contributed by atoms with Crippen molar-refractivity contribution in [2.75, 3.05) is 26.2 Å². The molecule has 1 amide bonds. The van der Waals surface area contributed by atoms with E-state index in [4.69, 9.17) is 5.26 Å². The average Bonchev–Trinajstić information content (AvgIpc) is 2.93. The Morgan fingerprint density at radius 2 is 1.75 bits per heavy atom. The van der Waals surface area contributed by atoms with Crippen molar-refractivity contribution in [3.8, 4) is 6.07 Å². The third-order valence-electron chi connectivity index (χ3n) is 6.38. The van der Waals surface area contributed by atoms with Gasteiger partial charge in [-0.15, -0.1) is 0 Å². The maximum Gasteiger partial charge on any atom is 0.226 e. The van der Waals surface area contributed by atoms with Crippen LogP contribution in [0.2, 0.25) is 0 Å². The number of piperazine rings is 1. The van der Waals surface area contributed by atoms with Crippen molar-refractivity contribution >= 4 is 5.91 Å². The Labute approximate surface area is 120 Å². The fourth-order valence-electron chi connectivity index (χ4n) is 5.28. The molecular formula is C16H23N3O. The van der Waals surface area contributed by atoms with Crippen LogP contribution in [0, 0.1) is 40.9 Å². The van der Waals surface area contributed by atoms with Crippen LogP contribution in [0.4, 0.5) is 0 Å². The molecule has 20 heavy (non-hydrogen) atoms. The molecule has 2 bridgehead atoms. The lowest BCUT2D eigenvalue weighted by atomic mass is 10.0. The summed E-state index contributed by atoms with van der Waals surface area (Å²) < 4.78 is 0. The summed E-state index contributed by atoms with van der Waals surface area (Å²) >= 11 is 0. The van der Waals surface area contributed by atoms with Gasteiger partial charge in [0.2, 0.25) is 5.91 Å². The second-order valence-corrected chi connectivity index (χ2v) is 7.18. The number of nitriles is 1. The van der Waals surface area contributed by atoms with Crippen LogP contribution >= 0.6 is 0 Å². The van der Waals surface area contributed by atoms with Crippen LogP contribution in [0.25, 0.3) is 0 Å². The third-order valence-corrected chi connectivity index (χ3v) is 6.38. The number of carbonyl (C=O) groups excluding carboxylic acids is 1. The Morgan fingerprint density at radius 1 is 1.15 bits per heavy atom. The zero-order valence-corrected chi connectivity index (χ0v) is 12.2. The van der Waals surface area contributed by atoms with Gasteiger partial charge in [0.15, 0.2) is 0 Å². The molecule has 0 aromatic carbocycles. The Bertz CT molecular complexity index is 447. The summed E-state index contributed by atoms with van der Waals surface area (Å²) in [6.45, 7) is 5.29. The van der Waals surface area contributed by atoms with Crippen LogP contribution in [0.3, 0.4) is 0 Å². The van der Waals surface area contributed by atoms with Gasteiger partial charge in [-0.05, 0) is 49.9 Å². The van der Waals surface area contributed by atoms with E-state index in [1.165, 1.54) is 19.3 Å². The van der Waals surface area contributed by atoms with Crippen molar-refractivity contribution in [1.82, 2.24) is 9.80 Å². The molecule has 5 atom stereocenters. The number of amides is 1. The first-order chi connectivity index (χ1) is 9.70. The maximum atomic E-state index is 12.7. The molecule has 3 saturated carbocycles. The van der Waals surface area contributed by atoms with Crippen LogP contribution < -0.4 is 0 Å². The van der Waals surface area contributed by atoms with Crippen LogP contribution in [-0.4, -0.2) is 47.9 Å². The van der Waals surface area contributed by atoms with E-state index in [9.17, 15) is 4.79 Å². The SMILES string of the molecule is CC(C#N)N1CCN(C(=O)C2C3C4CCC(C4)C23)CC1. The minimum absolute atomic E-state index is 0.0246. The molecule has 1 heterocycles. The first kappa shape index (κ1) is 12.6. The zero-order valence-electron chi connectivity index (χ0n) is 12.2. The summed E-state index contributed by atoms with van der Waals surface area (Å²) in [7, 11) is 0. The number of carbonyl (C=O) groups is 1. The third kappa shape index (κ3) is 1.72. The lowest BCUT2D eigenvalue weighted by molar-refractivity contribution is -0.135. The fourth-order valence-corrected chi connectivity index (χ4v) is 5.28. The van der Waals surface area contributed by atoms with E-state index < -0.39 is 0 Å². The van der Waals surface area contributed by atoms with Gasteiger partial charge in [0.05, 0.1) is 12.1 Å². The smallest absolute Gasteiger partial charge is 0.226 e. The molecule has 0 aromatic heterocycles. The minimum atomic E-state index is -0.0246. The molecule has 4 nitrogen and oxygen atoms in total. The molecule has 108 valence electrons. The van der Waals surface area contributed by atoms with Crippen molar-refractivity contribution in [3.05, 3.63) is 0 Å². The molecule has 4 rings (SSSR count). The van der Waals surface area contributed by atoms with Crippen LogP contribution in [0.15, 0.2) is 0 Å². The Balaban J connectivity index is 1.35. The predicted molar refractivity (Wildman–Crippen MR) is 74.5 cm³/mol. The molecule has 4 heteroatoms. The van der Waals surface area contributed by atoms with Crippen molar-refractivity contribution in [3.63, 3.8) is 0 Å². The van der Waals surface area contributed by atoms with Crippen molar-refractivity contribution < 1.29 is 4.79 Å². The second kappa shape index (κ2) is 4.46. The van der Waals surface area contributed by atoms with E-state index in [1.54, 1.807) is 0 Å². The van der Waals surface area contributed by atoms with Gasteiger partial charge in [0, 0.05) is 32.1 Å². The van der Waals surface area contributed by atoms with Gasteiger partial charge >= 0.3 is 0 Å². The first-order valence-electron chi connectivity index (χ1n) is 8.13. The lowest BCUT2D eigenvalue weighted by Gasteiger charge is -2.36. The van der Waals surface area contributed by atoms with E-state index in [2.05, 4.69) is 15.9 Å². The maximum absolute atomic E-state index is 12.7. The summed E-state index contributed by atoms with van der Waals surface area (Å²) in [4.78, 5) is 16.9. The van der Waals surface area contributed by atoms with Gasteiger partial charge in [-0.3, -0.25) is 9.69 Å². The highest BCUT2D eigenvalue weighted by Crippen LogP contribution is 2.69. The fraction of sp³-hybridized carbons (Fsp3) is 0.875. The molecule has 5 unspecified atom stereocenters. The monoisotopic (exact) mass is 273 g/mol. The molecule has 3 aliphatic carbocycles. The van der Waals surface area contributed by atoms with Crippen LogP contribution in [0.1, 0.15) is 26.2 Å². The van der Waals surface area contributed by atoms with E-state index in [0.717, 1.165) is 49.9 Å². The van der Waals surface area contributed by atoms with Gasteiger partial charge in [-0.2, -0.15) is 5.26 Å². The molecule has 1 saturated heterocycles. The number of rotatable bonds is 2. The number of hydrogen-bond donors (Lipinski definition) is 0. The standard InChI is InChI=1S/C16H23N3O/c1-10(9-17)18-4-6-19(7-5-18)16(20)15-13-11-2-3-12(8-11)14(13)15/h10-15H,2-8H2,1H3. The van der Waals surface area contributed by atoms with E-state index in [0.29, 0.717) is 11.8 Å². The number of fused-ring (bicyclic) bond motifs is 5. The molecule has 0 N–H and O–H groups in total. The van der Waals surface area contributed by atoms with E-state index in [1.807, 2.05) is 6.92 Å². The second-order valence-electron chi connectivity index (χ2n) is 7.18. The number of nitrogens with zero attached hydrogens (tertiary/aromatic N) is 3. The summed E-state index contributed by atoms with van der Waals surface area (Å²) in [6, 6.07) is 2.26. The van der Waals surface area contributed by atoms with Gasteiger partial charge in [0.25, 0.3) is 0 Å². The summed E-state index contributed by atoms with van der Waals surface area (Å²) in [5.74, 6) is 4.05. The molecular weight excluding hydrogens is 250 g/mol. The van der Waals surface area contributed by atoms with Gasteiger partial charge < -0.3 is 4.90 Å². The molecule has 0 radical (unpaired) electrons.